The number of nitrogens with zero attached hydrogens (tertiary/aromatic N) is 2. The molecule has 0 spiro atoms. The van der Waals surface area contributed by atoms with E-state index in [2.05, 4.69) is 21.9 Å². The van der Waals surface area contributed by atoms with E-state index >= 15 is 0 Å². The average Bonchev–Trinajstić information content (AvgIpc) is 3.09. The van der Waals surface area contributed by atoms with Crippen molar-refractivity contribution in [2.24, 2.45) is 0 Å². The highest BCUT2D eigenvalue weighted by atomic mass is 32.2. The Bertz CT molecular complexity index is 1100. The maximum atomic E-state index is 13.1. The summed E-state index contributed by atoms with van der Waals surface area (Å²) in [6, 6.07) is 14.8. The molecule has 3 aromatic rings. The van der Waals surface area contributed by atoms with Crippen molar-refractivity contribution in [1.82, 2.24) is 14.3 Å². The molecule has 0 aliphatic rings. The number of hydrogen-bond donors (Lipinski definition) is 2. The number of rotatable bonds is 10. The third kappa shape index (κ3) is 5.21. The summed E-state index contributed by atoms with van der Waals surface area (Å²) in [6.07, 6.45) is 3.16. The van der Waals surface area contributed by atoms with Crippen molar-refractivity contribution in [3.05, 3.63) is 54.6 Å². The number of aryl methyl sites for hydroxylation is 1. The molecule has 1 amide bonds. The molecule has 0 bridgehead atoms. The van der Waals surface area contributed by atoms with Gasteiger partial charge in [0.2, 0.25) is 21.9 Å². The Morgan fingerprint density at radius 1 is 1.13 bits per heavy atom. The van der Waals surface area contributed by atoms with Gasteiger partial charge < -0.3 is 4.57 Å². The monoisotopic (exact) mass is 446 g/mol. The van der Waals surface area contributed by atoms with Crippen LogP contribution in [0.25, 0.3) is 11.0 Å². The van der Waals surface area contributed by atoms with Gasteiger partial charge in [0.25, 0.3) is 0 Å². The van der Waals surface area contributed by atoms with Gasteiger partial charge in [0.05, 0.1) is 15.9 Å². The molecule has 9 heteroatoms. The fraction of sp³-hybridized carbons (Fsp3) is 0.333. The standard InChI is InChI=1S/C21H26N4O3S2/c1-3-14-25-19-12-8-7-11-17(19)22-21(25)23-20(26)18(13-15-29-2)24-30(27,28)16-9-5-4-6-10-16/h4-12,18,24H,3,13-15H2,1-2H3,(H,22,23,26)/t18-/m1/s1. The molecule has 0 fully saturated rings. The SMILES string of the molecule is CCCn1c(NC(=O)[C@@H](CCSC)NS(=O)(=O)c2ccccc2)nc2ccccc21. The number of aromatic nitrogens is 2. The van der Waals surface area contributed by atoms with E-state index in [1.807, 2.05) is 35.1 Å². The smallest absolute Gasteiger partial charge is 0.244 e. The Labute approximate surface area is 181 Å². The molecule has 7 nitrogen and oxygen atoms in total. The Morgan fingerprint density at radius 3 is 2.53 bits per heavy atom. The topological polar surface area (TPSA) is 93.1 Å². The van der Waals surface area contributed by atoms with Crippen molar-refractivity contribution in [1.29, 1.82) is 0 Å². The predicted octanol–water partition coefficient (Wildman–Crippen LogP) is 3.49. The molecule has 0 aliphatic carbocycles. The van der Waals surface area contributed by atoms with Gasteiger partial charge in [-0.2, -0.15) is 16.5 Å². The molecule has 160 valence electrons. The zero-order valence-electron chi connectivity index (χ0n) is 17.0. The number of thioether (sulfide) groups is 1. The zero-order valence-corrected chi connectivity index (χ0v) is 18.7. The molecule has 0 radical (unpaired) electrons. The number of hydrogen-bond acceptors (Lipinski definition) is 5. The van der Waals surface area contributed by atoms with Crippen LogP contribution in [0.1, 0.15) is 19.8 Å². The minimum absolute atomic E-state index is 0.130. The van der Waals surface area contributed by atoms with E-state index in [1.165, 1.54) is 12.1 Å². The first-order chi connectivity index (χ1) is 14.5. The maximum absolute atomic E-state index is 13.1. The molecule has 0 saturated heterocycles. The summed E-state index contributed by atoms with van der Waals surface area (Å²) in [7, 11) is -3.82. The average molecular weight is 447 g/mol. The number of benzene rings is 2. The number of carbonyl (C=O) groups excluding carboxylic acids is 1. The number of para-hydroxylation sites is 2. The molecule has 0 aliphatic heterocycles. The van der Waals surface area contributed by atoms with Crippen LogP contribution in [0.3, 0.4) is 0 Å². The first-order valence-electron chi connectivity index (χ1n) is 9.78. The van der Waals surface area contributed by atoms with Crippen molar-refractivity contribution < 1.29 is 13.2 Å². The minimum Gasteiger partial charge on any atom is -0.310 e. The highest BCUT2D eigenvalue weighted by molar-refractivity contribution is 7.98. The van der Waals surface area contributed by atoms with Crippen molar-refractivity contribution in [2.45, 2.75) is 37.2 Å². The summed E-state index contributed by atoms with van der Waals surface area (Å²) >= 11 is 1.55. The van der Waals surface area contributed by atoms with Gasteiger partial charge in [0, 0.05) is 6.54 Å². The van der Waals surface area contributed by atoms with Gasteiger partial charge in [-0.1, -0.05) is 37.3 Å². The van der Waals surface area contributed by atoms with Gasteiger partial charge in [0.1, 0.15) is 6.04 Å². The van der Waals surface area contributed by atoms with E-state index in [-0.39, 0.29) is 4.90 Å². The Hall–Kier alpha value is -2.36. The fourth-order valence-corrected chi connectivity index (χ4v) is 4.87. The Balaban J connectivity index is 1.86. The van der Waals surface area contributed by atoms with E-state index in [0.29, 0.717) is 24.7 Å². The minimum atomic E-state index is -3.82. The Kier molecular flexibility index (Phi) is 7.52. The predicted molar refractivity (Wildman–Crippen MR) is 122 cm³/mol. The molecule has 1 heterocycles. The highest BCUT2D eigenvalue weighted by Crippen LogP contribution is 2.21. The molecule has 3 rings (SSSR count). The first-order valence-corrected chi connectivity index (χ1v) is 12.7. The van der Waals surface area contributed by atoms with Gasteiger partial charge in [0.15, 0.2) is 0 Å². The molecule has 2 aromatic carbocycles. The van der Waals surface area contributed by atoms with Crippen LogP contribution in [0.15, 0.2) is 59.5 Å². The van der Waals surface area contributed by atoms with Crippen LogP contribution in [0.4, 0.5) is 5.95 Å². The van der Waals surface area contributed by atoms with Crippen molar-refractivity contribution in [2.75, 3.05) is 17.3 Å². The Morgan fingerprint density at radius 2 is 1.83 bits per heavy atom. The number of nitrogens with one attached hydrogen (secondary N) is 2. The third-order valence-electron chi connectivity index (χ3n) is 4.61. The van der Waals surface area contributed by atoms with Crippen LogP contribution in [0.2, 0.25) is 0 Å². The van der Waals surface area contributed by atoms with Crippen LogP contribution in [0, 0.1) is 0 Å². The van der Waals surface area contributed by atoms with Crippen LogP contribution < -0.4 is 10.0 Å². The van der Waals surface area contributed by atoms with E-state index in [1.54, 1.807) is 30.0 Å². The van der Waals surface area contributed by atoms with Gasteiger partial charge in [-0.25, -0.2) is 13.4 Å². The van der Waals surface area contributed by atoms with Crippen LogP contribution in [-0.2, 0) is 21.4 Å². The molecular formula is C21H26N4O3S2. The van der Waals surface area contributed by atoms with Crippen molar-refractivity contribution in [3.8, 4) is 0 Å². The maximum Gasteiger partial charge on any atom is 0.244 e. The summed E-state index contributed by atoms with van der Waals surface area (Å²) in [5.41, 5.74) is 1.71. The summed E-state index contributed by atoms with van der Waals surface area (Å²) < 4.78 is 30.0. The zero-order chi connectivity index (χ0) is 21.6. The van der Waals surface area contributed by atoms with Crippen LogP contribution >= 0.6 is 11.8 Å². The first kappa shape index (κ1) is 22.3. The number of amides is 1. The number of sulfonamides is 1. The largest absolute Gasteiger partial charge is 0.310 e. The summed E-state index contributed by atoms with van der Waals surface area (Å²) in [6.45, 7) is 2.75. The van der Waals surface area contributed by atoms with E-state index in [4.69, 9.17) is 0 Å². The normalized spacial score (nSPS) is 12.7. The van der Waals surface area contributed by atoms with E-state index < -0.39 is 22.0 Å². The molecule has 2 N–H and O–H groups in total. The van der Waals surface area contributed by atoms with Gasteiger partial charge in [-0.15, -0.1) is 0 Å². The van der Waals surface area contributed by atoms with Gasteiger partial charge in [-0.3, -0.25) is 10.1 Å². The highest BCUT2D eigenvalue weighted by Gasteiger charge is 2.26. The van der Waals surface area contributed by atoms with Crippen molar-refractivity contribution in [3.63, 3.8) is 0 Å². The van der Waals surface area contributed by atoms with Gasteiger partial charge >= 0.3 is 0 Å². The molecular weight excluding hydrogens is 420 g/mol. The second-order valence-corrected chi connectivity index (χ2v) is 9.53. The number of anilines is 1. The lowest BCUT2D eigenvalue weighted by Crippen LogP contribution is -2.44. The summed E-state index contributed by atoms with van der Waals surface area (Å²) in [5, 5.41) is 2.84. The van der Waals surface area contributed by atoms with Gasteiger partial charge in [-0.05, 0) is 49.1 Å². The van der Waals surface area contributed by atoms with Crippen LogP contribution in [-0.4, -0.2) is 41.9 Å². The second kappa shape index (κ2) is 10.1. The molecule has 1 atom stereocenters. The van der Waals surface area contributed by atoms with E-state index in [9.17, 15) is 13.2 Å². The lowest BCUT2D eigenvalue weighted by molar-refractivity contribution is -0.117. The van der Waals surface area contributed by atoms with Crippen molar-refractivity contribution >= 4 is 44.7 Å². The second-order valence-electron chi connectivity index (χ2n) is 6.83. The molecule has 0 unspecified atom stereocenters. The molecule has 1 aromatic heterocycles. The lowest BCUT2D eigenvalue weighted by atomic mass is 10.2. The summed E-state index contributed by atoms with van der Waals surface area (Å²) in [5.74, 6) is 0.646. The molecule has 0 saturated carbocycles. The summed E-state index contributed by atoms with van der Waals surface area (Å²) in [4.78, 5) is 17.7. The number of imidazole rings is 1. The number of carbonyl (C=O) groups is 1. The quantitative estimate of drug-likeness (QED) is 0.497. The molecule has 30 heavy (non-hydrogen) atoms. The van der Waals surface area contributed by atoms with E-state index in [0.717, 1.165) is 17.5 Å². The fourth-order valence-electron chi connectivity index (χ4n) is 3.15. The lowest BCUT2D eigenvalue weighted by Gasteiger charge is -2.18. The van der Waals surface area contributed by atoms with Crippen LogP contribution in [0.5, 0.6) is 0 Å². The number of fused-ring (bicyclic) bond motifs is 1. The third-order valence-corrected chi connectivity index (χ3v) is 6.75.